The first-order valence-electron chi connectivity index (χ1n) is 14.6. The van der Waals surface area contributed by atoms with Gasteiger partial charge in [0.15, 0.2) is 0 Å². The second kappa shape index (κ2) is 14.3. The van der Waals surface area contributed by atoms with E-state index in [4.69, 9.17) is 19.4 Å². The second-order valence-electron chi connectivity index (χ2n) is 11.2. The molecular formula is C32H27F9N4O5. The van der Waals surface area contributed by atoms with Gasteiger partial charge in [0.25, 0.3) is 5.82 Å². The molecule has 9 nitrogen and oxygen atoms in total. The topological polar surface area (TPSA) is 120 Å². The molecule has 2 aliphatic rings. The summed E-state index contributed by atoms with van der Waals surface area (Å²) in [6.07, 6.45) is -16.4. The number of carboxylic acids is 1. The first-order chi connectivity index (χ1) is 23.2. The van der Waals surface area contributed by atoms with E-state index in [0.29, 0.717) is 34.7 Å². The zero-order chi connectivity index (χ0) is 37.2. The van der Waals surface area contributed by atoms with Gasteiger partial charge in [0.1, 0.15) is 23.5 Å². The van der Waals surface area contributed by atoms with E-state index in [1.54, 1.807) is 18.2 Å². The third-order valence-corrected chi connectivity index (χ3v) is 7.94. The molecule has 3 aromatic rings. The van der Waals surface area contributed by atoms with Gasteiger partial charge in [0.05, 0.1) is 56.4 Å². The Labute approximate surface area is 278 Å². The number of carboxylic acid groups (broad SMARTS) is 1. The molecule has 0 spiro atoms. The number of carbonyl (C=O) groups excluding carboxylic acids is 2. The number of cyclic esters (lactones) is 1. The van der Waals surface area contributed by atoms with Crippen molar-refractivity contribution in [1.29, 1.82) is 5.26 Å². The number of nitrogens with zero attached hydrogens (tertiary/aromatic N) is 3. The van der Waals surface area contributed by atoms with E-state index in [9.17, 15) is 49.6 Å². The van der Waals surface area contributed by atoms with Gasteiger partial charge in [-0.3, -0.25) is 9.80 Å². The Balaban J connectivity index is 0.000000727. The number of aliphatic carboxylic acids is 1. The molecule has 18 heteroatoms. The van der Waals surface area contributed by atoms with E-state index in [0.717, 1.165) is 30.9 Å². The number of methoxy groups -OCH3 is 1. The van der Waals surface area contributed by atoms with Gasteiger partial charge in [-0.25, -0.2) is 9.78 Å². The van der Waals surface area contributed by atoms with Crippen LogP contribution in [-0.2, 0) is 34.8 Å². The summed E-state index contributed by atoms with van der Waals surface area (Å²) >= 11 is 0. The van der Waals surface area contributed by atoms with Crippen molar-refractivity contribution in [3.8, 4) is 22.9 Å². The average Bonchev–Trinajstić information content (AvgIpc) is 3.28. The van der Waals surface area contributed by atoms with E-state index < -0.39 is 59.4 Å². The largest absolute Gasteiger partial charge is 0.542 e. The molecule has 3 heterocycles. The predicted molar refractivity (Wildman–Crippen MR) is 153 cm³/mol. The molecule has 2 fully saturated rings. The Kier molecular flexibility index (Phi) is 10.8. The van der Waals surface area contributed by atoms with Crippen LogP contribution in [0.5, 0.6) is 5.75 Å². The lowest BCUT2D eigenvalue weighted by Crippen LogP contribution is -2.42. The number of nitriles is 1. The van der Waals surface area contributed by atoms with Crippen LogP contribution in [-0.4, -0.2) is 49.4 Å². The molecule has 1 amide bonds. The van der Waals surface area contributed by atoms with Crippen LogP contribution in [0.1, 0.15) is 47.4 Å². The van der Waals surface area contributed by atoms with Gasteiger partial charge in [0.2, 0.25) is 0 Å². The Bertz CT molecular complexity index is 1750. The Hall–Kier alpha value is -5.21. The summed E-state index contributed by atoms with van der Waals surface area (Å²) in [5, 5.41) is 18.0. The maximum absolute atomic E-state index is 13.5. The molecule has 5 rings (SSSR count). The summed E-state index contributed by atoms with van der Waals surface area (Å²) in [6, 6.07) is 11.4. The highest BCUT2D eigenvalue weighted by Crippen LogP contribution is 2.42. The molecule has 2 saturated heterocycles. The molecule has 1 N–H and O–H groups in total. The number of alkyl halides is 9. The summed E-state index contributed by atoms with van der Waals surface area (Å²) in [5.74, 6) is -1.72. The van der Waals surface area contributed by atoms with Gasteiger partial charge in [0, 0.05) is 23.6 Å². The number of halogens is 9. The van der Waals surface area contributed by atoms with Crippen LogP contribution in [0, 0.1) is 11.3 Å². The van der Waals surface area contributed by atoms with Gasteiger partial charge in [-0.15, -0.1) is 0 Å². The number of aromatic nitrogens is 1. The fraction of sp³-hybridized carbons (Fsp3) is 0.375. The van der Waals surface area contributed by atoms with E-state index in [1.807, 2.05) is 12.1 Å². The first kappa shape index (κ1) is 37.6. The van der Waals surface area contributed by atoms with Crippen LogP contribution < -0.4 is 19.7 Å². The van der Waals surface area contributed by atoms with Crippen molar-refractivity contribution in [2.45, 2.75) is 57.0 Å². The van der Waals surface area contributed by atoms with Crippen molar-refractivity contribution < 1.29 is 68.7 Å². The summed E-state index contributed by atoms with van der Waals surface area (Å²) in [5.41, 5.74) is -0.822. The zero-order valence-corrected chi connectivity index (χ0v) is 26.1. The third-order valence-electron chi connectivity index (χ3n) is 7.94. The molecule has 0 aliphatic carbocycles. The minimum absolute atomic E-state index is 0.0407. The summed E-state index contributed by atoms with van der Waals surface area (Å²) < 4.78 is 124. The Morgan fingerprint density at radius 2 is 1.58 bits per heavy atom. The summed E-state index contributed by atoms with van der Waals surface area (Å²) in [6.45, 7) is 3.05. The van der Waals surface area contributed by atoms with Gasteiger partial charge in [-0.05, 0) is 54.4 Å². The van der Waals surface area contributed by atoms with Crippen molar-refractivity contribution in [3.05, 3.63) is 76.5 Å². The number of rotatable bonds is 7. The van der Waals surface area contributed by atoms with Crippen LogP contribution in [0.2, 0.25) is 0 Å². The number of amides is 1. The summed E-state index contributed by atoms with van der Waals surface area (Å²) in [4.78, 5) is 28.6. The maximum Gasteiger partial charge on any atom is 0.430 e. The number of hydrogen-bond donors (Lipinski definition) is 0. The lowest BCUT2D eigenvalue weighted by atomic mass is 9.96. The number of nitrogens with one attached hydrogen (secondary N) is 1. The molecule has 1 aromatic heterocycles. The highest BCUT2D eigenvalue weighted by molar-refractivity contribution is 5.75. The lowest BCUT2D eigenvalue weighted by molar-refractivity contribution is -0.378. The molecule has 0 unspecified atom stereocenters. The molecule has 50 heavy (non-hydrogen) atoms. The van der Waals surface area contributed by atoms with Crippen molar-refractivity contribution in [1.82, 2.24) is 4.90 Å². The Morgan fingerprint density at radius 1 is 0.980 bits per heavy atom. The molecule has 2 aromatic carbocycles. The maximum atomic E-state index is 13.5. The molecule has 0 saturated carbocycles. The monoisotopic (exact) mass is 718 g/mol. The highest BCUT2D eigenvalue weighted by atomic mass is 19.4. The number of benzene rings is 2. The molecule has 2 aliphatic heterocycles. The van der Waals surface area contributed by atoms with Crippen molar-refractivity contribution in [2.75, 3.05) is 25.1 Å². The molecular weight excluding hydrogens is 691 g/mol. The number of carbonyl (C=O) groups is 2. The minimum Gasteiger partial charge on any atom is -0.542 e. The van der Waals surface area contributed by atoms with Crippen LogP contribution in [0.3, 0.4) is 0 Å². The number of aromatic amines is 1. The van der Waals surface area contributed by atoms with Gasteiger partial charge in [-0.1, -0.05) is 6.07 Å². The van der Waals surface area contributed by atoms with Crippen LogP contribution >= 0.6 is 0 Å². The van der Waals surface area contributed by atoms with E-state index in [2.05, 4.69) is 16.0 Å². The van der Waals surface area contributed by atoms with Crippen molar-refractivity contribution in [3.63, 3.8) is 0 Å². The van der Waals surface area contributed by atoms with Gasteiger partial charge < -0.3 is 19.4 Å². The smallest absolute Gasteiger partial charge is 0.430 e. The standard InChI is InChI=1S/C30H26F6N4O3.C2HF3O2/c1-17-27(19-13-20(29(31,32)33)15-21(14-19)30(34,35)36)43-28(41)40(17)16-24-22(5-7-26(38-24)39-10-3-11-39)23-12-18(8-9-37)4-6-25(23)42-2;3-2(4,5)1(6)7/h4-7,12-15,17,27H,3,8,10-11,16H2,1-2H3;(H,6,7)/t17-,27-;/m0./s1. The third kappa shape index (κ3) is 8.50. The fourth-order valence-corrected chi connectivity index (χ4v) is 5.29. The van der Waals surface area contributed by atoms with E-state index in [1.165, 1.54) is 18.9 Å². The van der Waals surface area contributed by atoms with Crippen LogP contribution in [0.15, 0.2) is 48.5 Å². The molecule has 268 valence electrons. The SMILES string of the molecule is COc1ccc(CC#N)cc1-c1ccc(N2CCC2)[nH+]c1CN1C(=O)O[C@H](c2cc(C(F)(F)F)cc(C(F)(F)F)c2)[C@@H]1C.O=C([O-])C(F)(F)F. The zero-order valence-electron chi connectivity index (χ0n) is 26.1. The average molecular weight is 719 g/mol. The number of pyridine rings is 1. The normalized spacial score (nSPS) is 17.7. The van der Waals surface area contributed by atoms with Crippen LogP contribution in [0.4, 0.5) is 50.1 Å². The fourth-order valence-electron chi connectivity index (χ4n) is 5.29. The highest BCUT2D eigenvalue weighted by Gasteiger charge is 2.44. The minimum atomic E-state index is -5.19. The summed E-state index contributed by atoms with van der Waals surface area (Å²) in [7, 11) is 1.50. The second-order valence-corrected chi connectivity index (χ2v) is 11.2. The molecule has 2 atom stereocenters. The van der Waals surface area contributed by atoms with Gasteiger partial charge in [-0.2, -0.15) is 44.8 Å². The van der Waals surface area contributed by atoms with Crippen LogP contribution in [0.25, 0.3) is 11.1 Å². The Morgan fingerprint density at radius 3 is 2.06 bits per heavy atom. The van der Waals surface area contributed by atoms with Gasteiger partial charge >= 0.3 is 24.6 Å². The van der Waals surface area contributed by atoms with Crippen molar-refractivity contribution >= 4 is 17.9 Å². The number of hydrogen-bond acceptors (Lipinski definition) is 7. The van der Waals surface area contributed by atoms with E-state index >= 15 is 0 Å². The number of anilines is 1. The number of H-pyrrole nitrogens is 1. The molecule has 0 radical (unpaired) electrons. The lowest BCUT2D eigenvalue weighted by Gasteiger charge is -2.26. The number of ether oxygens (including phenoxy) is 2. The predicted octanol–water partition coefficient (Wildman–Crippen LogP) is 5.87. The van der Waals surface area contributed by atoms with Crippen molar-refractivity contribution in [2.24, 2.45) is 0 Å². The quantitative estimate of drug-likeness (QED) is 0.281. The first-order valence-corrected chi connectivity index (χ1v) is 14.6. The molecule has 0 bridgehead atoms. The van der Waals surface area contributed by atoms with E-state index in [-0.39, 0.29) is 19.0 Å².